The molecule has 0 fully saturated rings. The second-order valence-corrected chi connectivity index (χ2v) is 5.99. The number of benzene rings is 2. The van der Waals surface area contributed by atoms with Gasteiger partial charge >= 0.3 is 0 Å². The Bertz CT molecular complexity index is 854. The van der Waals surface area contributed by atoms with Crippen LogP contribution in [-0.4, -0.2) is 31.1 Å². The van der Waals surface area contributed by atoms with Crippen LogP contribution >= 0.6 is 11.6 Å². The highest BCUT2D eigenvalue weighted by atomic mass is 35.5. The summed E-state index contributed by atoms with van der Waals surface area (Å²) in [4.78, 5) is 24.2. The highest BCUT2D eigenvalue weighted by Gasteiger charge is 2.15. The Labute approximate surface area is 162 Å². The minimum absolute atomic E-state index is 0.214. The quantitative estimate of drug-likeness (QED) is 0.670. The molecule has 0 bridgehead atoms. The number of rotatable bonds is 7. The minimum atomic E-state index is -0.408. The minimum Gasteiger partial charge on any atom is -0.493 e. The van der Waals surface area contributed by atoms with Crippen LogP contribution in [0.5, 0.6) is 11.5 Å². The van der Waals surface area contributed by atoms with Gasteiger partial charge in [0.1, 0.15) is 0 Å². The number of amides is 2. The van der Waals surface area contributed by atoms with E-state index in [9.17, 15) is 14.7 Å². The van der Waals surface area contributed by atoms with E-state index in [-0.39, 0.29) is 18.9 Å². The van der Waals surface area contributed by atoms with Crippen LogP contribution in [-0.2, 0) is 11.4 Å². The Morgan fingerprint density at radius 2 is 1.85 bits per heavy atom. The number of hydrogen-bond donors (Lipinski definition) is 3. The van der Waals surface area contributed by atoms with E-state index in [0.29, 0.717) is 39.0 Å². The lowest BCUT2D eigenvalue weighted by Crippen LogP contribution is -2.15. The van der Waals surface area contributed by atoms with Gasteiger partial charge in [-0.3, -0.25) is 9.59 Å². The van der Waals surface area contributed by atoms with Gasteiger partial charge in [-0.1, -0.05) is 24.6 Å². The van der Waals surface area contributed by atoms with Crippen molar-refractivity contribution in [2.75, 3.05) is 24.9 Å². The summed E-state index contributed by atoms with van der Waals surface area (Å²) in [5.41, 5.74) is 1.64. The van der Waals surface area contributed by atoms with Gasteiger partial charge in [0.2, 0.25) is 5.91 Å². The van der Waals surface area contributed by atoms with Crippen LogP contribution in [0.1, 0.15) is 29.3 Å². The number of hydrogen-bond acceptors (Lipinski definition) is 5. The third-order valence-electron chi connectivity index (χ3n) is 3.83. The molecule has 0 aromatic heterocycles. The maximum Gasteiger partial charge on any atom is 0.255 e. The molecule has 0 spiro atoms. The van der Waals surface area contributed by atoms with Gasteiger partial charge < -0.3 is 25.2 Å². The summed E-state index contributed by atoms with van der Waals surface area (Å²) in [6.07, 6.45) is 0.283. The standard InChI is InChI=1S/C19H21ClN2O5/c1-4-17(24)22-15-7-11(5-6-12(15)10-23)19(25)21-13-8-14(20)18(27-3)16(9-13)26-2/h5-9,23H,4,10H2,1-3H3,(H,21,25)(H,22,24). The van der Waals surface area contributed by atoms with Crippen LogP contribution in [0.3, 0.4) is 0 Å². The Balaban J connectivity index is 2.29. The van der Waals surface area contributed by atoms with E-state index < -0.39 is 5.91 Å². The van der Waals surface area contributed by atoms with Crippen molar-refractivity contribution in [3.63, 3.8) is 0 Å². The molecule has 0 atom stereocenters. The van der Waals surface area contributed by atoms with Gasteiger partial charge in [-0.2, -0.15) is 0 Å². The number of anilines is 2. The van der Waals surface area contributed by atoms with Crippen molar-refractivity contribution in [3.05, 3.63) is 46.5 Å². The molecule has 2 aromatic rings. The Kier molecular flexibility index (Phi) is 7.04. The summed E-state index contributed by atoms with van der Waals surface area (Å²) in [6.45, 7) is 1.46. The molecular weight excluding hydrogens is 372 g/mol. The van der Waals surface area contributed by atoms with Gasteiger partial charge in [0, 0.05) is 35.0 Å². The molecule has 0 aliphatic heterocycles. The van der Waals surface area contributed by atoms with Crippen molar-refractivity contribution in [1.82, 2.24) is 0 Å². The van der Waals surface area contributed by atoms with Gasteiger partial charge in [-0.25, -0.2) is 0 Å². The second kappa shape index (κ2) is 9.25. The fraction of sp³-hybridized carbons (Fsp3) is 0.263. The first-order valence-electron chi connectivity index (χ1n) is 8.20. The zero-order valence-electron chi connectivity index (χ0n) is 15.3. The number of aliphatic hydroxyl groups is 1. The monoisotopic (exact) mass is 392 g/mol. The van der Waals surface area contributed by atoms with E-state index in [1.165, 1.54) is 20.3 Å². The molecule has 0 radical (unpaired) electrons. The van der Waals surface area contributed by atoms with Crippen molar-refractivity contribution in [2.45, 2.75) is 20.0 Å². The molecule has 3 N–H and O–H groups in total. The normalized spacial score (nSPS) is 10.3. The molecule has 8 heteroatoms. The highest BCUT2D eigenvalue weighted by molar-refractivity contribution is 6.32. The molecule has 0 saturated carbocycles. The summed E-state index contributed by atoms with van der Waals surface area (Å²) >= 11 is 6.15. The number of aliphatic hydroxyl groups excluding tert-OH is 1. The van der Waals surface area contributed by atoms with Gasteiger partial charge in [-0.05, 0) is 18.2 Å². The van der Waals surface area contributed by atoms with Gasteiger partial charge in [0.15, 0.2) is 11.5 Å². The molecule has 2 aromatic carbocycles. The third-order valence-corrected chi connectivity index (χ3v) is 4.11. The van der Waals surface area contributed by atoms with Crippen LogP contribution in [0.2, 0.25) is 5.02 Å². The second-order valence-electron chi connectivity index (χ2n) is 5.58. The molecule has 144 valence electrons. The zero-order chi connectivity index (χ0) is 20.0. The van der Waals surface area contributed by atoms with Crippen molar-refractivity contribution < 1.29 is 24.2 Å². The predicted molar refractivity (Wildman–Crippen MR) is 104 cm³/mol. The van der Waals surface area contributed by atoms with Crippen LogP contribution in [0.4, 0.5) is 11.4 Å². The smallest absolute Gasteiger partial charge is 0.255 e. The number of ether oxygens (including phenoxy) is 2. The van der Waals surface area contributed by atoms with Crippen molar-refractivity contribution in [3.8, 4) is 11.5 Å². The van der Waals surface area contributed by atoms with E-state index >= 15 is 0 Å². The number of carbonyl (C=O) groups is 2. The highest BCUT2D eigenvalue weighted by Crippen LogP contribution is 2.37. The molecule has 0 aliphatic rings. The van der Waals surface area contributed by atoms with E-state index in [4.69, 9.17) is 21.1 Å². The van der Waals surface area contributed by atoms with Crippen molar-refractivity contribution >= 4 is 34.8 Å². The maximum atomic E-state index is 12.6. The average molecular weight is 393 g/mol. The largest absolute Gasteiger partial charge is 0.493 e. The summed E-state index contributed by atoms with van der Waals surface area (Å²) in [5, 5.41) is 15.1. The van der Waals surface area contributed by atoms with Gasteiger partial charge in [0.05, 0.1) is 25.8 Å². The topological polar surface area (TPSA) is 96.9 Å². The van der Waals surface area contributed by atoms with Crippen molar-refractivity contribution in [2.24, 2.45) is 0 Å². The third kappa shape index (κ3) is 4.90. The first-order chi connectivity index (χ1) is 12.9. The Morgan fingerprint density at radius 3 is 2.44 bits per heavy atom. The first-order valence-corrected chi connectivity index (χ1v) is 8.57. The number of methoxy groups -OCH3 is 2. The molecule has 0 heterocycles. The predicted octanol–water partition coefficient (Wildman–Crippen LogP) is 3.45. The maximum absolute atomic E-state index is 12.6. The average Bonchev–Trinajstić information content (AvgIpc) is 2.67. The lowest BCUT2D eigenvalue weighted by Gasteiger charge is -2.14. The molecule has 7 nitrogen and oxygen atoms in total. The molecule has 0 saturated heterocycles. The number of nitrogens with one attached hydrogen (secondary N) is 2. The lowest BCUT2D eigenvalue weighted by atomic mass is 10.1. The summed E-state index contributed by atoms with van der Waals surface area (Å²) < 4.78 is 10.4. The summed E-state index contributed by atoms with van der Waals surface area (Å²) in [6, 6.07) is 7.79. The fourth-order valence-electron chi connectivity index (χ4n) is 2.40. The van der Waals surface area contributed by atoms with Crippen LogP contribution in [0.15, 0.2) is 30.3 Å². The van der Waals surface area contributed by atoms with Crippen LogP contribution in [0, 0.1) is 0 Å². The molecule has 2 amide bonds. The van der Waals surface area contributed by atoms with E-state index in [2.05, 4.69) is 10.6 Å². The summed E-state index contributed by atoms with van der Waals surface area (Å²) in [5.74, 6) is 0.129. The molecule has 2 rings (SSSR count). The Hall–Kier alpha value is -2.77. The first kappa shape index (κ1) is 20.5. The zero-order valence-corrected chi connectivity index (χ0v) is 16.0. The van der Waals surface area contributed by atoms with Crippen LogP contribution < -0.4 is 20.1 Å². The molecule has 27 heavy (non-hydrogen) atoms. The molecule has 0 unspecified atom stereocenters. The SMILES string of the molecule is CCC(=O)Nc1cc(C(=O)Nc2cc(Cl)c(OC)c(OC)c2)ccc1CO. The van der Waals surface area contributed by atoms with Crippen molar-refractivity contribution in [1.29, 1.82) is 0 Å². The van der Waals surface area contributed by atoms with Gasteiger partial charge in [0.25, 0.3) is 5.91 Å². The lowest BCUT2D eigenvalue weighted by molar-refractivity contribution is -0.115. The van der Waals surface area contributed by atoms with E-state index in [1.54, 1.807) is 31.2 Å². The van der Waals surface area contributed by atoms with E-state index in [0.717, 1.165) is 0 Å². The summed E-state index contributed by atoms with van der Waals surface area (Å²) in [7, 11) is 2.94. The fourth-order valence-corrected chi connectivity index (χ4v) is 2.69. The van der Waals surface area contributed by atoms with Crippen LogP contribution in [0.25, 0.3) is 0 Å². The molecular formula is C19H21ClN2O5. The molecule has 0 aliphatic carbocycles. The number of carbonyl (C=O) groups excluding carboxylic acids is 2. The number of halogens is 1. The Morgan fingerprint density at radius 1 is 1.11 bits per heavy atom. The van der Waals surface area contributed by atoms with Gasteiger partial charge in [-0.15, -0.1) is 0 Å². The van der Waals surface area contributed by atoms with E-state index in [1.807, 2.05) is 0 Å².